The second kappa shape index (κ2) is 16.8. The summed E-state index contributed by atoms with van der Waals surface area (Å²) < 4.78 is 206. The molecule has 0 N–H and O–H groups in total. The molecule has 8 heterocycles. The Kier molecular flexibility index (Phi) is 13.8. The second-order valence-corrected chi connectivity index (χ2v) is 25.7. The molecule has 5 unspecified atom stereocenters. The lowest BCUT2D eigenvalue weighted by atomic mass is 10.3. The summed E-state index contributed by atoms with van der Waals surface area (Å²) in [5.41, 5.74) is 2.04. The van der Waals surface area contributed by atoms with Gasteiger partial charge >= 0.3 is 81.1 Å². The predicted molar refractivity (Wildman–Crippen MR) is 188 cm³/mol. The molecule has 0 aliphatic carbocycles. The van der Waals surface area contributed by atoms with Crippen molar-refractivity contribution in [3.8, 4) is 0 Å². The molecule has 0 amide bonds. The summed E-state index contributed by atoms with van der Waals surface area (Å²) >= 11 is 0. The molecule has 4 bridgehead atoms. The van der Waals surface area contributed by atoms with E-state index in [1.165, 1.54) is 6.92 Å². The molecule has 0 aromatic carbocycles. The van der Waals surface area contributed by atoms with E-state index in [0.29, 0.717) is 22.3 Å². The molecule has 0 radical (unpaired) electrons. The van der Waals surface area contributed by atoms with E-state index in [-0.39, 0.29) is 38.9 Å². The topological polar surface area (TPSA) is 321 Å². The van der Waals surface area contributed by atoms with Crippen LogP contribution in [-0.4, -0.2) is 44.9 Å². The average molecular weight is 1010 g/mol. The average Bonchev–Trinajstić information content (AvgIpc) is 2.95. The van der Waals surface area contributed by atoms with Gasteiger partial charge in [-0.05, 0) is 53.4 Å². The third-order valence-electron chi connectivity index (χ3n) is 6.60. The summed E-state index contributed by atoms with van der Waals surface area (Å²) in [5.74, 6) is 0. The molecule has 8 aliphatic rings. The van der Waals surface area contributed by atoms with Crippen molar-refractivity contribution < 1.29 is 126 Å². The van der Waals surface area contributed by atoms with E-state index in [0.717, 1.165) is 0 Å². The quantitative estimate of drug-likeness (QED) is 0.0718. The van der Waals surface area contributed by atoms with Crippen LogP contribution in [0.25, 0.3) is 0 Å². The molecule has 8 rings (SSSR count). The molecule has 0 aromatic heterocycles. The van der Waals surface area contributed by atoms with E-state index < -0.39 is 94.3 Å². The zero-order valence-electron chi connectivity index (χ0n) is 31.0. The van der Waals surface area contributed by atoms with E-state index in [2.05, 4.69) is 34.9 Å². The van der Waals surface area contributed by atoms with Crippen molar-refractivity contribution in [1.29, 1.82) is 0 Å². The molecular weight excluding hydrogens is 972 g/mol. The van der Waals surface area contributed by atoms with Gasteiger partial charge in [-0.25, -0.2) is 90.8 Å². The number of hydrogen-bond donors (Lipinski definition) is 0. The monoisotopic (exact) mass is 1010 g/mol. The van der Waals surface area contributed by atoms with Crippen molar-refractivity contribution in [1.82, 2.24) is 0 Å². The first kappa shape index (κ1) is 48.5. The van der Waals surface area contributed by atoms with E-state index in [1.807, 2.05) is 0 Å². The highest BCUT2D eigenvalue weighted by Crippen LogP contribution is 2.89. The van der Waals surface area contributed by atoms with Crippen molar-refractivity contribution in [2.45, 2.75) is 71.9 Å². The Hall–Kier alpha value is -0.000000000000000264. The molecule has 8 fully saturated rings. The van der Waals surface area contributed by atoms with Crippen LogP contribution in [-0.2, 0) is 126 Å². The molecule has 36 heteroatoms. The number of fused-ring (bicyclic) bond motifs is 4. The summed E-state index contributed by atoms with van der Waals surface area (Å²) in [7, 11) is -41.7. The van der Waals surface area contributed by atoms with E-state index in [9.17, 15) is 36.5 Å². The number of phosphoric acid groups is 8. The van der Waals surface area contributed by atoms with Crippen LogP contribution < -0.4 is 0 Å². The maximum absolute atomic E-state index is 14.0. The van der Waals surface area contributed by atoms with Gasteiger partial charge in [-0.1, -0.05) is 22.3 Å². The minimum absolute atomic E-state index is 0.0244. The van der Waals surface area contributed by atoms with Crippen molar-refractivity contribution in [2.24, 2.45) is 0 Å². The van der Waals surface area contributed by atoms with Gasteiger partial charge < -0.3 is 0 Å². The van der Waals surface area contributed by atoms with Crippen LogP contribution in [0.5, 0.6) is 0 Å². The number of phosphoric ester groups is 8. The van der Waals surface area contributed by atoms with Gasteiger partial charge in [0.1, 0.15) is 0 Å². The molecule has 28 nitrogen and oxygen atoms in total. The van der Waals surface area contributed by atoms with Crippen LogP contribution in [0.3, 0.4) is 0 Å². The van der Waals surface area contributed by atoms with Crippen molar-refractivity contribution in [3.05, 3.63) is 48.6 Å². The smallest absolute Gasteiger partial charge is 0.286 e. The largest absolute Gasteiger partial charge is 0.496 e. The highest BCUT2D eigenvalue weighted by Gasteiger charge is 2.80. The SMILES string of the molecule is C=C(C)CCOP1(=O)OC2(OP(=O)(OCCC(=C)C)OP3(=O)OC4(OP(=O)(OCCC(=C)C)OP(=O)(OC56OP(=O)(OCCC(=C)C)OP(=O)(O5)O6)O4)O3)OP(=O)(O2)O1. The van der Waals surface area contributed by atoms with Crippen LogP contribution in [0.15, 0.2) is 48.6 Å². The fraction of sp³-hybridized carbons (Fsp3) is 0.652. The fourth-order valence-corrected chi connectivity index (χ4v) is 17.3. The summed E-state index contributed by atoms with van der Waals surface area (Å²) in [4.78, 5) is 0. The Balaban J connectivity index is 1.22. The highest BCUT2D eigenvalue weighted by molar-refractivity contribution is 7.66. The first-order valence-electron chi connectivity index (χ1n) is 16.3. The van der Waals surface area contributed by atoms with Gasteiger partial charge in [0, 0.05) is 0 Å². The molecule has 8 saturated heterocycles. The minimum Gasteiger partial charge on any atom is -0.286 e. The molecule has 0 saturated carbocycles. The summed E-state index contributed by atoms with van der Waals surface area (Å²) in [6.07, 6.45) is -10.1. The van der Waals surface area contributed by atoms with Crippen LogP contribution in [0.1, 0.15) is 53.4 Å². The molecule has 59 heavy (non-hydrogen) atoms. The first-order valence-corrected chi connectivity index (χ1v) is 28.0. The molecule has 8 aliphatic heterocycles. The Morgan fingerprint density at radius 1 is 0.492 bits per heavy atom. The molecule has 336 valence electrons. The minimum atomic E-state index is -5.82. The summed E-state index contributed by atoms with van der Waals surface area (Å²) in [6, 6.07) is 0. The Morgan fingerprint density at radius 2 is 0.864 bits per heavy atom. The van der Waals surface area contributed by atoms with Crippen molar-refractivity contribution in [2.75, 3.05) is 26.4 Å². The van der Waals surface area contributed by atoms with Crippen LogP contribution in [0.2, 0.25) is 0 Å². The van der Waals surface area contributed by atoms with Gasteiger partial charge in [-0.15, -0.1) is 26.3 Å². The zero-order valence-corrected chi connectivity index (χ0v) is 38.1. The predicted octanol–water partition coefficient (Wildman–Crippen LogP) is 9.96. The standard InChI is InChI=1S/C23H36O28P8/c1-17(2)9-13-32-52(24)36-21(40-56(28,41-21)48-52)37-53(25,33-14-10-18(3)4)49-57(29)42-22(43-57)38-54(26,34-15-11-19(5)6)50-58(30,44-22)45-23-39-55(27,35-16-12-20(7)8)51-59(31,46-23)47-23/h1,3,5,7,9-16H2,2,4,6,8H3. The van der Waals surface area contributed by atoms with Crippen LogP contribution in [0, 0.1) is 0 Å². The molecular formula is C23H36O28P8. The van der Waals surface area contributed by atoms with Gasteiger partial charge in [0.15, 0.2) is 0 Å². The Morgan fingerprint density at radius 3 is 1.32 bits per heavy atom. The normalized spacial score (nSPS) is 44.3. The maximum Gasteiger partial charge on any atom is 0.496 e. The number of rotatable bonds is 22. The van der Waals surface area contributed by atoms with E-state index in [1.54, 1.807) is 20.8 Å². The van der Waals surface area contributed by atoms with Gasteiger partial charge in [0.05, 0.1) is 26.4 Å². The first-order chi connectivity index (χ1) is 27.0. The summed E-state index contributed by atoms with van der Waals surface area (Å²) in [6.45, 7) is 18.9. The molecule has 1 spiro atoms. The third kappa shape index (κ3) is 11.8. The van der Waals surface area contributed by atoms with Gasteiger partial charge in [-0.2, -0.15) is 17.2 Å². The summed E-state index contributed by atoms with van der Waals surface area (Å²) in [5, 5.41) is 0. The van der Waals surface area contributed by atoms with Crippen molar-refractivity contribution >= 4 is 62.6 Å². The molecule has 5 atom stereocenters. The van der Waals surface area contributed by atoms with Crippen molar-refractivity contribution in [3.63, 3.8) is 0 Å². The highest BCUT2D eigenvalue weighted by atomic mass is 31.3. The molecule has 0 aromatic rings. The van der Waals surface area contributed by atoms with E-state index in [4.69, 9.17) is 81.0 Å². The zero-order chi connectivity index (χ0) is 43.6. The fourth-order valence-electron chi connectivity index (χ4n) is 4.15. The second-order valence-electron chi connectivity index (χ2n) is 12.7. The van der Waals surface area contributed by atoms with Crippen LogP contribution >= 0.6 is 62.6 Å². The number of hydrogen-bond acceptors (Lipinski definition) is 28. The lowest BCUT2D eigenvalue weighted by molar-refractivity contribution is -0.467. The Bertz CT molecular complexity index is 2150. The van der Waals surface area contributed by atoms with Gasteiger partial charge in [0.25, 0.3) is 0 Å². The van der Waals surface area contributed by atoms with Gasteiger partial charge in [-0.3, -0.25) is 18.1 Å². The van der Waals surface area contributed by atoms with Gasteiger partial charge in [0.2, 0.25) is 0 Å². The lowest BCUT2D eigenvalue weighted by Gasteiger charge is -2.50. The lowest BCUT2D eigenvalue weighted by Crippen LogP contribution is -2.53. The van der Waals surface area contributed by atoms with Crippen LogP contribution in [0.4, 0.5) is 0 Å². The van der Waals surface area contributed by atoms with E-state index >= 15 is 0 Å². The third-order valence-corrected chi connectivity index (χ3v) is 20.4. The Labute approximate surface area is 335 Å². The maximum atomic E-state index is 14.0.